The third kappa shape index (κ3) is 5.34. The van der Waals surface area contributed by atoms with Gasteiger partial charge in [-0.05, 0) is 17.7 Å². The fraction of sp³-hybridized carbons (Fsp3) is 0.462. The van der Waals surface area contributed by atoms with Crippen LogP contribution in [0.5, 0.6) is 5.75 Å². The first-order valence-corrected chi connectivity index (χ1v) is 5.62. The Hall–Kier alpha value is -1.57. The second-order valence-corrected chi connectivity index (χ2v) is 3.84. The summed E-state index contributed by atoms with van der Waals surface area (Å²) in [5.41, 5.74) is 1.12. The average Bonchev–Trinajstić information content (AvgIpc) is 2.35. The number of methoxy groups -OCH3 is 1. The molecule has 17 heavy (non-hydrogen) atoms. The van der Waals surface area contributed by atoms with Gasteiger partial charge in [0.1, 0.15) is 5.75 Å². The van der Waals surface area contributed by atoms with E-state index in [2.05, 4.69) is 11.0 Å². The first kappa shape index (κ1) is 13.5. The molecular weight excluding hydrogens is 216 g/mol. The summed E-state index contributed by atoms with van der Waals surface area (Å²) in [4.78, 5) is 2.17. The van der Waals surface area contributed by atoms with E-state index in [4.69, 9.17) is 10.00 Å². The molecule has 0 spiro atoms. The van der Waals surface area contributed by atoms with Crippen LogP contribution in [0, 0.1) is 11.3 Å². The van der Waals surface area contributed by atoms with Gasteiger partial charge in [-0.3, -0.25) is 4.90 Å². The molecule has 0 bridgehead atoms. The van der Waals surface area contributed by atoms with Gasteiger partial charge in [-0.25, -0.2) is 0 Å². The van der Waals surface area contributed by atoms with Crippen molar-refractivity contribution in [3.8, 4) is 11.8 Å². The van der Waals surface area contributed by atoms with E-state index in [9.17, 15) is 5.11 Å². The Kier molecular flexibility index (Phi) is 6.08. The number of benzene rings is 1. The summed E-state index contributed by atoms with van der Waals surface area (Å²) in [6.07, 6.45) is 0.516. The Labute approximate surface area is 102 Å². The van der Waals surface area contributed by atoms with Crippen LogP contribution in [-0.4, -0.2) is 36.8 Å². The summed E-state index contributed by atoms with van der Waals surface area (Å²) < 4.78 is 5.04. The molecule has 0 aliphatic rings. The zero-order chi connectivity index (χ0) is 12.5. The Morgan fingerprint density at radius 1 is 1.29 bits per heavy atom. The summed E-state index contributed by atoms with van der Waals surface area (Å²) in [6.45, 7) is 2.97. The van der Waals surface area contributed by atoms with Crippen LogP contribution < -0.4 is 0 Å². The maximum absolute atomic E-state index is 9.20. The lowest BCUT2D eigenvalue weighted by Crippen LogP contribution is -2.27. The van der Waals surface area contributed by atoms with Crippen LogP contribution in [-0.2, 0) is 11.3 Å². The van der Waals surface area contributed by atoms with Crippen molar-refractivity contribution in [3.05, 3.63) is 29.8 Å². The van der Waals surface area contributed by atoms with Crippen LogP contribution in [0.4, 0.5) is 0 Å². The summed E-state index contributed by atoms with van der Waals surface area (Å²) in [6, 6.07) is 9.28. The summed E-state index contributed by atoms with van der Waals surface area (Å²) in [5, 5.41) is 17.8. The maximum atomic E-state index is 9.20. The molecule has 0 saturated heterocycles. The van der Waals surface area contributed by atoms with Gasteiger partial charge >= 0.3 is 0 Å². The number of phenols is 1. The van der Waals surface area contributed by atoms with Crippen molar-refractivity contribution in [2.75, 3.05) is 26.8 Å². The van der Waals surface area contributed by atoms with E-state index in [1.807, 2.05) is 12.1 Å². The minimum Gasteiger partial charge on any atom is -0.508 e. The highest BCUT2D eigenvalue weighted by molar-refractivity contribution is 5.25. The van der Waals surface area contributed by atoms with Crippen molar-refractivity contribution in [1.29, 1.82) is 5.26 Å². The third-order valence-electron chi connectivity index (χ3n) is 2.49. The van der Waals surface area contributed by atoms with Gasteiger partial charge in [0.05, 0.1) is 12.7 Å². The minimum absolute atomic E-state index is 0.272. The molecule has 4 nitrogen and oxygen atoms in total. The molecule has 1 aromatic rings. The highest BCUT2D eigenvalue weighted by atomic mass is 16.5. The normalized spacial score (nSPS) is 10.4. The van der Waals surface area contributed by atoms with Crippen molar-refractivity contribution >= 4 is 0 Å². The molecule has 92 valence electrons. The van der Waals surface area contributed by atoms with Crippen molar-refractivity contribution in [1.82, 2.24) is 4.90 Å². The molecule has 0 aromatic heterocycles. The zero-order valence-corrected chi connectivity index (χ0v) is 10.1. The standard InChI is InChI=1S/C13H18N2O2/c1-17-10-9-15(8-2-7-14)11-12-3-5-13(16)6-4-12/h3-6,16H,2,8-11H2,1H3. The molecule has 0 unspecified atom stereocenters. The van der Waals surface area contributed by atoms with Gasteiger partial charge in [-0.1, -0.05) is 12.1 Å². The third-order valence-corrected chi connectivity index (χ3v) is 2.49. The van der Waals surface area contributed by atoms with Crippen LogP contribution in [0.25, 0.3) is 0 Å². The SMILES string of the molecule is COCCN(CCC#N)Cc1ccc(O)cc1. The lowest BCUT2D eigenvalue weighted by atomic mass is 10.2. The Bertz CT molecular complexity index is 357. The van der Waals surface area contributed by atoms with Crippen LogP contribution in [0.3, 0.4) is 0 Å². The number of hydrogen-bond acceptors (Lipinski definition) is 4. The zero-order valence-electron chi connectivity index (χ0n) is 10.1. The summed E-state index contributed by atoms with van der Waals surface area (Å²) in [7, 11) is 1.67. The van der Waals surface area contributed by atoms with E-state index in [-0.39, 0.29) is 5.75 Å². The van der Waals surface area contributed by atoms with Crippen molar-refractivity contribution in [2.24, 2.45) is 0 Å². The molecule has 0 amide bonds. The lowest BCUT2D eigenvalue weighted by Gasteiger charge is -2.20. The number of ether oxygens (including phenoxy) is 1. The van der Waals surface area contributed by atoms with Gasteiger partial charge in [0, 0.05) is 33.2 Å². The fourth-order valence-corrected chi connectivity index (χ4v) is 1.56. The monoisotopic (exact) mass is 234 g/mol. The summed E-state index contributed by atoms with van der Waals surface area (Å²) >= 11 is 0. The van der Waals surface area contributed by atoms with Crippen molar-refractivity contribution < 1.29 is 9.84 Å². The Balaban J connectivity index is 2.52. The van der Waals surface area contributed by atoms with E-state index in [0.29, 0.717) is 13.0 Å². The first-order valence-electron chi connectivity index (χ1n) is 5.62. The van der Waals surface area contributed by atoms with Gasteiger partial charge in [-0.2, -0.15) is 5.26 Å². The number of phenolic OH excluding ortho intramolecular Hbond substituents is 1. The topological polar surface area (TPSA) is 56.5 Å². The maximum Gasteiger partial charge on any atom is 0.115 e. The molecule has 1 aromatic carbocycles. The molecule has 1 rings (SSSR count). The second kappa shape index (κ2) is 7.66. The van der Waals surface area contributed by atoms with Gasteiger partial charge in [-0.15, -0.1) is 0 Å². The van der Waals surface area contributed by atoms with Gasteiger partial charge in [0.2, 0.25) is 0 Å². The van der Waals surface area contributed by atoms with Crippen LogP contribution in [0.1, 0.15) is 12.0 Å². The highest BCUT2D eigenvalue weighted by Gasteiger charge is 2.05. The van der Waals surface area contributed by atoms with Crippen LogP contribution >= 0.6 is 0 Å². The van der Waals surface area contributed by atoms with Crippen molar-refractivity contribution in [3.63, 3.8) is 0 Å². The Morgan fingerprint density at radius 3 is 2.59 bits per heavy atom. The lowest BCUT2D eigenvalue weighted by molar-refractivity contribution is 0.145. The van der Waals surface area contributed by atoms with E-state index in [1.165, 1.54) is 0 Å². The number of hydrogen-bond donors (Lipinski definition) is 1. The highest BCUT2D eigenvalue weighted by Crippen LogP contribution is 2.11. The van der Waals surface area contributed by atoms with E-state index in [1.54, 1.807) is 19.2 Å². The average molecular weight is 234 g/mol. The van der Waals surface area contributed by atoms with E-state index >= 15 is 0 Å². The number of nitriles is 1. The predicted octanol–water partition coefficient (Wildman–Crippen LogP) is 1.75. The molecular formula is C13H18N2O2. The van der Waals surface area contributed by atoms with Gasteiger partial charge in [0.15, 0.2) is 0 Å². The van der Waals surface area contributed by atoms with Gasteiger partial charge < -0.3 is 9.84 Å². The number of nitrogens with zero attached hydrogens (tertiary/aromatic N) is 2. The minimum atomic E-state index is 0.272. The second-order valence-electron chi connectivity index (χ2n) is 3.84. The molecule has 0 atom stereocenters. The fourth-order valence-electron chi connectivity index (χ4n) is 1.56. The quantitative estimate of drug-likeness (QED) is 0.781. The largest absolute Gasteiger partial charge is 0.508 e. The van der Waals surface area contributed by atoms with Crippen LogP contribution in [0.2, 0.25) is 0 Å². The van der Waals surface area contributed by atoms with E-state index < -0.39 is 0 Å². The van der Waals surface area contributed by atoms with Crippen LogP contribution in [0.15, 0.2) is 24.3 Å². The number of rotatable bonds is 7. The molecule has 0 fully saturated rings. The first-order chi connectivity index (χ1) is 8.26. The smallest absolute Gasteiger partial charge is 0.115 e. The summed E-state index contributed by atoms with van der Waals surface area (Å²) in [5.74, 6) is 0.272. The van der Waals surface area contributed by atoms with E-state index in [0.717, 1.165) is 25.2 Å². The predicted molar refractivity (Wildman–Crippen MR) is 65.5 cm³/mol. The molecule has 4 heteroatoms. The molecule has 0 aliphatic heterocycles. The number of aromatic hydroxyl groups is 1. The molecule has 0 aliphatic carbocycles. The molecule has 0 radical (unpaired) electrons. The van der Waals surface area contributed by atoms with Gasteiger partial charge in [0.25, 0.3) is 0 Å². The molecule has 0 saturated carbocycles. The molecule has 1 N–H and O–H groups in total. The Morgan fingerprint density at radius 2 is 2.00 bits per heavy atom. The molecule has 0 heterocycles. The van der Waals surface area contributed by atoms with Crippen molar-refractivity contribution in [2.45, 2.75) is 13.0 Å².